The first-order chi connectivity index (χ1) is 10.6. The maximum absolute atomic E-state index is 12.5. The fourth-order valence-corrected chi connectivity index (χ4v) is 3.45. The van der Waals surface area contributed by atoms with Gasteiger partial charge in [-0.3, -0.25) is 9.59 Å². The lowest BCUT2D eigenvalue weighted by atomic mass is 10.0. The second-order valence-electron chi connectivity index (χ2n) is 6.09. The normalized spacial score (nSPS) is 28.7. The Hall–Kier alpha value is -2.24. The van der Waals surface area contributed by atoms with Crippen LogP contribution in [0.15, 0.2) is 18.2 Å². The van der Waals surface area contributed by atoms with Gasteiger partial charge in [0.05, 0.1) is 17.9 Å². The van der Waals surface area contributed by atoms with Crippen LogP contribution in [0.25, 0.3) is 0 Å². The Morgan fingerprint density at radius 2 is 2.00 bits per heavy atom. The second kappa shape index (κ2) is 4.90. The number of nitrogens with zero attached hydrogens (tertiary/aromatic N) is 1. The molecule has 2 fully saturated rings. The van der Waals surface area contributed by atoms with Gasteiger partial charge in [-0.25, -0.2) is 0 Å². The number of fused-ring (bicyclic) bond motifs is 1. The largest absolute Gasteiger partial charge is 0.481 e. The van der Waals surface area contributed by atoms with Crippen LogP contribution in [0.3, 0.4) is 0 Å². The Morgan fingerprint density at radius 3 is 2.77 bits per heavy atom. The van der Waals surface area contributed by atoms with E-state index in [4.69, 9.17) is 14.6 Å². The molecule has 3 aliphatic rings. The molecule has 0 aromatic heterocycles. The standard InChI is InChI=1S/C16H17NO5/c18-15(10-7-11(10)16(19)20)17-5-1-2-12(17)9-3-4-13-14(6-9)22-8-21-13/h3-4,6,10-12H,1-2,5,7-8H2,(H,19,20). The minimum atomic E-state index is -0.864. The average molecular weight is 303 g/mol. The summed E-state index contributed by atoms with van der Waals surface area (Å²) in [4.78, 5) is 25.4. The van der Waals surface area contributed by atoms with E-state index in [0.717, 1.165) is 24.2 Å². The Bertz CT molecular complexity index is 643. The van der Waals surface area contributed by atoms with Gasteiger partial charge in [-0.05, 0) is 37.0 Å². The third-order valence-corrected chi connectivity index (χ3v) is 4.74. The topological polar surface area (TPSA) is 76.1 Å². The Labute approximate surface area is 127 Å². The molecular formula is C16H17NO5. The van der Waals surface area contributed by atoms with Crippen LogP contribution in [0.4, 0.5) is 0 Å². The van der Waals surface area contributed by atoms with Gasteiger partial charge in [0.15, 0.2) is 11.5 Å². The molecule has 2 heterocycles. The third-order valence-electron chi connectivity index (χ3n) is 4.74. The molecule has 6 nitrogen and oxygen atoms in total. The van der Waals surface area contributed by atoms with Crippen molar-refractivity contribution in [1.29, 1.82) is 0 Å². The van der Waals surface area contributed by atoms with E-state index in [1.165, 1.54) is 0 Å². The van der Waals surface area contributed by atoms with Crippen LogP contribution >= 0.6 is 0 Å². The van der Waals surface area contributed by atoms with Crippen molar-refractivity contribution in [3.8, 4) is 11.5 Å². The summed E-state index contributed by atoms with van der Waals surface area (Å²) in [5.41, 5.74) is 1.03. The number of ether oxygens (including phenoxy) is 2. The number of aliphatic carboxylic acids is 1. The first-order valence-electron chi connectivity index (χ1n) is 7.58. The van der Waals surface area contributed by atoms with Crippen molar-refractivity contribution in [2.24, 2.45) is 11.8 Å². The minimum Gasteiger partial charge on any atom is -0.481 e. The van der Waals surface area contributed by atoms with Crippen molar-refractivity contribution in [1.82, 2.24) is 4.90 Å². The van der Waals surface area contributed by atoms with Gasteiger partial charge in [0, 0.05) is 6.54 Å². The summed E-state index contributed by atoms with van der Waals surface area (Å²) >= 11 is 0. The van der Waals surface area contributed by atoms with E-state index >= 15 is 0 Å². The molecule has 6 heteroatoms. The zero-order valence-corrected chi connectivity index (χ0v) is 12.0. The van der Waals surface area contributed by atoms with Gasteiger partial charge >= 0.3 is 5.97 Å². The molecule has 1 amide bonds. The number of hydrogen-bond acceptors (Lipinski definition) is 4. The van der Waals surface area contributed by atoms with Crippen molar-refractivity contribution in [3.05, 3.63) is 23.8 Å². The van der Waals surface area contributed by atoms with Gasteiger partial charge in [0.25, 0.3) is 0 Å². The van der Waals surface area contributed by atoms with Crippen LogP contribution < -0.4 is 9.47 Å². The smallest absolute Gasteiger partial charge is 0.307 e. The molecular weight excluding hydrogens is 286 g/mol. The Kier molecular flexibility index (Phi) is 2.99. The monoisotopic (exact) mass is 303 g/mol. The van der Waals surface area contributed by atoms with Gasteiger partial charge in [0.1, 0.15) is 0 Å². The molecule has 1 saturated heterocycles. The van der Waals surface area contributed by atoms with Crippen LogP contribution in [0, 0.1) is 11.8 Å². The average Bonchev–Trinajstić information content (AvgIpc) is 2.95. The van der Waals surface area contributed by atoms with E-state index in [9.17, 15) is 9.59 Å². The number of amides is 1. The molecule has 22 heavy (non-hydrogen) atoms. The summed E-state index contributed by atoms with van der Waals surface area (Å²) in [6.07, 6.45) is 2.31. The minimum absolute atomic E-state index is 0.0112. The highest BCUT2D eigenvalue weighted by molar-refractivity contribution is 5.89. The maximum atomic E-state index is 12.5. The fourth-order valence-electron chi connectivity index (χ4n) is 3.45. The highest BCUT2D eigenvalue weighted by Crippen LogP contribution is 2.44. The molecule has 1 saturated carbocycles. The number of carboxylic acids is 1. The van der Waals surface area contributed by atoms with E-state index in [0.29, 0.717) is 18.7 Å². The number of likely N-dealkylation sites (tertiary alicyclic amines) is 1. The van der Waals surface area contributed by atoms with E-state index < -0.39 is 11.9 Å². The molecule has 3 atom stereocenters. The van der Waals surface area contributed by atoms with Crippen LogP contribution in [0.2, 0.25) is 0 Å². The van der Waals surface area contributed by atoms with E-state index in [1.807, 2.05) is 23.1 Å². The zero-order valence-electron chi connectivity index (χ0n) is 12.0. The molecule has 1 aliphatic carbocycles. The highest BCUT2D eigenvalue weighted by Gasteiger charge is 2.51. The highest BCUT2D eigenvalue weighted by atomic mass is 16.7. The summed E-state index contributed by atoms with van der Waals surface area (Å²) in [5.74, 6) is -0.276. The van der Waals surface area contributed by atoms with Crippen molar-refractivity contribution in [3.63, 3.8) is 0 Å². The molecule has 1 aromatic rings. The molecule has 0 spiro atoms. The van der Waals surface area contributed by atoms with Crippen molar-refractivity contribution in [2.75, 3.05) is 13.3 Å². The molecule has 1 aromatic carbocycles. The number of hydrogen-bond donors (Lipinski definition) is 1. The molecule has 0 bridgehead atoms. The lowest BCUT2D eigenvalue weighted by Crippen LogP contribution is -2.32. The quantitative estimate of drug-likeness (QED) is 0.921. The zero-order chi connectivity index (χ0) is 15.3. The summed E-state index contributed by atoms with van der Waals surface area (Å²) in [6, 6.07) is 5.78. The van der Waals surface area contributed by atoms with Gasteiger partial charge in [-0.1, -0.05) is 6.07 Å². The van der Waals surface area contributed by atoms with Crippen molar-refractivity contribution < 1.29 is 24.2 Å². The predicted molar refractivity (Wildman–Crippen MR) is 75.5 cm³/mol. The number of carbonyl (C=O) groups is 2. The summed E-state index contributed by atoms with van der Waals surface area (Å²) in [5, 5.41) is 9.00. The number of benzene rings is 1. The van der Waals surface area contributed by atoms with Gasteiger partial charge in [0.2, 0.25) is 12.7 Å². The molecule has 0 radical (unpaired) electrons. The van der Waals surface area contributed by atoms with Crippen molar-refractivity contribution >= 4 is 11.9 Å². The first kappa shape index (κ1) is 13.4. The fraction of sp³-hybridized carbons (Fsp3) is 0.500. The van der Waals surface area contributed by atoms with Crippen LogP contribution in [0.5, 0.6) is 11.5 Å². The molecule has 116 valence electrons. The van der Waals surface area contributed by atoms with Crippen LogP contribution in [0.1, 0.15) is 30.9 Å². The lowest BCUT2D eigenvalue weighted by Gasteiger charge is -2.25. The van der Waals surface area contributed by atoms with E-state index in [1.54, 1.807) is 0 Å². The Morgan fingerprint density at radius 1 is 1.18 bits per heavy atom. The number of carbonyl (C=O) groups excluding carboxylic acids is 1. The SMILES string of the molecule is O=C(O)C1CC1C(=O)N1CCCC1c1ccc2c(c1)OCO2. The number of rotatable bonds is 3. The number of carboxylic acid groups (broad SMARTS) is 1. The molecule has 2 aliphatic heterocycles. The third kappa shape index (κ3) is 2.10. The summed E-state index contributed by atoms with van der Waals surface area (Å²) in [6.45, 7) is 0.926. The lowest BCUT2D eigenvalue weighted by molar-refractivity contribution is -0.142. The van der Waals surface area contributed by atoms with E-state index in [2.05, 4.69) is 0 Å². The predicted octanol–water partition coefficient (Wildman–Crippen LogP) is 1.80. The maximum Gasteiger partial charge on any atom is 0.307 e. The summed E-state index contributed by atoms with van der Waals surface area (Å²) in [7, 11) is 0. The van der Waals surface area contributed by atoms with Gasteiger partial charge in [-0.2, -0.15) is 0 Å². The van der Waals surface area contributed by atoms with Crippen LogP contribution in [-0.2, 0) is 9.59 Å². The van der Waals surface area contributed by atoms with Gasteiger partial charge in [-0.15, -0.1) is 0 Å². The second-order valence-corrected chi connectivity index (χ2v) is 6.09. The molecule has 4 rings (SSSR count). The van der Waals surface area contributed by atoms with Crippen molar-refractivity contribution in [2.45, 2.75) is 25.3 Å². The Balaban J connectivity index is 1.54. The molecule has 3 unspecified atom stereocenters. The van der Waals surface area contributed by atoms with Crippen LogP contribution in [-0.4, -0.2) is 35.2 Å². The summed E-state index contributed by atoms with van der Waals surface area (Å²) < 4.78 is 10.7. The molecule has 1 N–H and O–H groups in total. The van der Waals surface area contributed by atoms with Gasteiger partial charge < -0.3 is 19.5 Å². The van der Waals surface area contributed by atoms with E-state index in [-0.39, 0.29) is 24.7 Å². The first-order valence-corrected chi connectivity index (χ1v) is 7.58.